The highest BCUT2D eigenvalue weighted by Gasteiger charge is 1.98. The Kier molecular flexibility index (Phi) is 8.85. The van der Waals surface area contributed by atoms with Gasteiger partial charge in [-0.2, -0.15) is 0 Å². The summed E-state index contributed by atoms with van der Waals surface area (Å²) in [5, 5.41) is 11.7. The Morgan fingerprint density at radius 3 is 2.50 bits per heavy atom. The van der Waals surface area contributed by atoms with Crippen molar-refractivity contribution < 1.29 is 9.90 Å². The number of nitrogens with one attached hydrogen (secondary N) is 1. The van der Waals surface area contributed by atoms with Crippen molar-refractivity contribution in [3.63, 3.8) is 0 Å². The molecule has 0 saturated heterocycles. The van der Waals surface area contributed by atoms with Crippen molar-refractivity contribution in [3.8, 4) is 0 Å². The van der Waals surface area contributed by atoms with E-state index in [1.807, 2.05) is 6.92 Å². The first-order valence-corrected chi connectivity index (χ1v) is 5.93. The van der Waals surface area contributed by atoms with Crippen LogP contribution in [-0.2, 0) is 4.79 Å². The molecule has 0 spiro atoms. The summed E-state index contributed by atoms with van der Waals surface area (Å²) in [6.07, 6.45) is 2.35. The lowest BCUT2D eigenvalue weighted by Gasteiger charge is -2.17. The fourth-order valence-corrected chi connectivity index (χ4v) is 1.51. The molecule has 0 aromatic heterocycles. The zero-order chi connectivity index (χ0) is 12.4. The third kappa shape index (κ3) is 8.44. The van der Waals surface area contributed by atoms with Gasteiger partial charge in [-0.05, 0) is 39.5 Å². The predicted molar refractivity (Wildman–Crippen MR) is 66.7 cm³/mol. The molecular formula is C12H24N2O2. The summed E-state index contributed by atoms with van der Waals surface area (Å²) in [4.78, 5) is 12.7. The van der Waals surface area contributed by atoms with Gasteiger partial charge in [0.25, 0.3) is 0 Å². The molecule has 0 aromatic carbocycles. The normalized spacial score (nSPS) is 12.1. The Balaban J connectivity index is 3.50. The minimum Gasteiger partial charge on any atom is -0.478 e. The van der Waals surface area contributed by atoms with E-state index in [0.29, 0.717) is 6.54 Å². The Bertz CT molecular complexity index is 223. The Morgan fingerprint density at radius 2 is 2.00 bits per heavy atom. The molecule has 0 aliphatic heterocycles. The average molecular weight is 228 g/mol. The van der Waals surface area contributed by atoms with Crippen molar-refractivity contribution in [1.29, 1.82) is 0 Å². The van der Waals surface area contributed by atoms with Gasteiger partial charge in [0.2, 0.25) is 0 Å². The van der Waals surface area contributed by atoms with Gasteiger partial charge >= 0.3 is 5.97 Å². The Hall–Kier alpha value is -0.870. The van der Waals surface area contributed by atoms with E-state index >= 15 is 0 Å². The van der Waals surface area contributed by atoms with Crippen molar-refractivity contribution in [1.82, 2.24) is 10.2 Å². The third-order valence-electron chi connectivity index (χ3n) is 2.50. The molecule has 0 unspecified atom stereocenters. The summed E-state index contributed by atoms with van der Waals surface area (Å²) >= 11 is 0. The highest BCUT2D eigenvalue weighted by Crippen LogP contribution is 1.91. The Labute approximate surface area is 98.3 Å². The molecular weight excluding hydrogens is 204 g/mol. The molecule has 0 rings (SSSR count). The van der Waals surface area contributed by atoms with Gasteiger partial charge in [0.1, 0.15) is 0 Å². The largest absolute Gasteiger partial charge is 0.478 e. The van der Waals surface area contributed by atoms with Crippen LogP contribution in [0.5, 0.6) is 0 Å². The van der Waals surface area contributed by atoms with Crippen molar-refractivity contribution >= 4 is 5.97 Å². The van der Waals surface area contributed by atoms with Crippen LogP contribution in [0, 0.1) is 0 Å². The van der Waals surface area contributed by atoms with E-state index < -0.39 is 5.97 Å². The Morgan fingerprint density at radius 1 is 1.38 bits per heavy atom. The van der Waals surface area contributed by atoms with Gasteiger partial charge in [0, 0.05) is 12.6 Å². The number of carboxylic acids is 1. The number of aliphatic carboxylic acids is 1. The molecule has 0 heterocycles. The maximum Gasteiger partial charge on any atom is 0.328 e. The first kappa shape index (κ1) is 15.1. The van der Waals surface area contributed by atoms with Crippen LogP contribution in [0.15, 0.2) is 11.6 Å². The SMILES string of the molecule is CCN(CC)CCCNCC(C)=CC(=O)O. The maximum absolute atomic E-state index is 10.4. The molecule has 0 radical (unpaired) electrons. The van der Waals surface area contributed by atoms with E-state index in [0.717, 1.165) is 38.2 Å². The number of rotatable bonds is 9. The first-order chi connectivity index (χ1) is 7.60. The molecule has 2 N–H and O–H groups in total. The van der Waals surface area contributed by atoms with Crippen molar-refractivity contribution in [2.75, 3.05) is 32.7 Å². The number of carbonyl (C=O) groups is 1. The fourth-order valence-electron chi connectivity index (χ4n) is 1.51. The molecule has 0 fully saturated rings. The number of carboxylic acid groups (broad SMARTS) is 1. The quantitative estimate of drug-likeness (QED) is 0.462. The summed E-state index contributed by atoms with van der Waals surface area (Å²) < 4.78 is 0. The minimum absolute atomic E-state index is 0.657. The van der Waals surface area contributed by atoms with Gasteiger partial charge in [0.15, 0.2) is 0 Å². The third-order valence-corrected chi connectivity index (χ3v) is 2.50. The maximum atomic E-state index is 10.4. The van der Waals surface area contributed by atoms with Crippen LogP contribution in [0.1, 0.15) is 27.2 Å². The second-order valence-corrected chi connectivity index (χ2v) is 3.89. The van der Waals surface area contributed by atoms with Crippen LogP contribution in [0.3, 0.4) is 0 Å². The highest BCUT2D eigenvalue weighted by atomic mass is 16.4. The van der Waals surface area contributed by atoms with E-state index in [2.05, 4.69) is 24.1 Å². The molecule has 0 atom stereocenters. The number of nitrogens with zero attached hydrogens (tertiary/aromatic N) is 1. The van der Waals surface area contributed by atoms with Gasteiger partial charge in [-0.3, -0.25) is 0 Å². The second-order valence-electron chi connectivity index (χ2n) is 3.89. The molecule has 0 aromatic rings. The van der Waals surface area contributed by atoms with Crippen LogP contribution in [0.2, 0.25) is 0 Å². The van der Waals surface area contributed by atoms with Crippen LogP contribution in [-0.4, -0.2) is 48.7 Å². The monoisotopic (exact) mass is 228 g/mol. The van der Waals surface area contributed by atoms with Crippen molar-refractivity contribution in [3.05, 3.63) is 11.6 Å². The van der Waals surface area contributed by atoms with E-state index in [1.54, 1.807) is 0 Å². The fraction of sp³-hybridized carbons (Fsp3) is 0.750. The van der Waals surface area contributed by atoms with E-state index in [-0.39, 0.29) is 0 Å². The molecule has 0 aliphatic carbocycles. The van der Waals surface area contributed by atoms with Crippen LogP contribution in [0.4, 0.5) is 0 Å². The molecule has 0 amide bonds. The second kappa shape index (κ2) is 9.36. The zero-order valence-electron chi connectivity index (χ0n) is 10.6. The molecule has 0 aliphatic rings. The van der Waals surface area contributed by atoms with E-state index in [9.17, 15) is 4.79 Å². The van der Waals surface area contributed by atoms with Crippen LogP contribution >= 0.6 is 0 Å². The lowest BCUT2D eigenvalue weighted by Crippen LogP contribution is -2.27. The van der Waals surface area contributed by atoms with Gasteiger partial charge in [0.05, 0.1) is 0 Å². The van der Waals surface area contributed by atoms with Gasteiger partial charge < -0.3 is 15.3 Å². The lowest BCUT2D eigenvalue weighted by atomic mass is 10.2. The van der Waals surface area contributed by atoms with Crippen molar-refractivity contribution in [2.24, 2.45) is 0 Å². The van der Waals surface area contributed by atoms with Gasteiger partial charge in [-0.15, -0.1) is 0 Å². The summed E-state index contributed by atoms with van der Waals surface area (Å²) in [6, 6.07) is 0. The summed E-state index contributed by atoms with van der Waals surface area (Å²) in [5.74, 6) is -0.873. The number of hydrogen-bond acceptors (Lipinski definition) is 3. The van der Waals surface area contributed by atoms with Crippen LogP contribution in [0.25, 0.3) is 0 Å². The van der Waals surface area contributed by atoms with Gasteiger partial charge in [-0.1, -0.05) is 19.4 Å². The summed E-state index contributed by atoms with van der Waals surface area (Å²) in [6.45, 7) is 11.0. The molecule has 0 saturated carbocycles. The summed E-state index contributed by atoms with van der Waals surface area (Å²) in [7, 11) is 0. The predicted octanol–water partition coefficient (Wildman–Crippen LogP) is 1.34. The lowest BCUT2D eigenvalue weighted by molar-refractivity contribution is -0.131. The van der Waals surface area contributed by atoms with Crippen LogP contribution < -0.4 is 5.32 Å². The average Bonchev–Trinajstić information content (AvgIpc) is 2.22. The van der Waals surface area contributed by atoms with Crippen molar-refractivity contribution in [2.45, 2.75) is 27.2 Å². The smallest absolute Gasteiger partial charge is 0.328 e. The molecule has 4 heteroatoms. The highest BCUT2D eigenvalue weighted by molar-refractivity contribution is 5.80. The number of hydrogen-bond donors (Lipinski definition) is 2. The van der Waals surface area contributed by atoms with E-state index in [1.165, 1.54) is 6.08 Å². The minimum atomic E-state index is -0.873. The molecule has 0 bridgehead atoms. The zero-order valence-corrected chi connectivity index (χ0v) is 10.6. The topological polar surface area (TPSA) is 52.6 Å². The van der Waals surface area contributed by atoms with Gasteiger partial charge in [-0.25, -0.2) is 4.79 Å². The molecule has 94 valence electrons. The summed E-state index contributed by atoms with van der Waals surface area (Å²) in [5.41, 5.74) is 0.857. The molecule has 16 heavy (non-hydrogen) atoms. The standard InChI is InChI=1S/C12H24N2O2/c1-4-14(5-2)8-6-7-13-10-11(3)9-12(15)16/h9,13H,4-8,10H2,1-3H3,(H,15,16). The molecule has 4 nitrogen and oxygen atoms in total. The first-order valence-electron chi connectivity index (χ1n) is 5.93. The van der Waals surface area contributed by atoms with E-state index in [4.69, 9.17) is 5.11 Å².